The van der Waals surface area contributed by atoms with E-state index in [9.17, 15) is 0 Å². The van der Waals surface area contributed by atoms with Gasteiger partial charge in [-0.15, -0.1) is 0 Å². The van der Waals surface area contributed by atoms with E-state index in [-0.39, 0.29) is 0 Å². The molecule has 0 bridgehead atoms. The first-order valence-electron chi connectivity index (χ1n) is 5.83. The van der Waals surface area contributed by atoms with Crippen LogP contribution >= 0.6 is 11.1 Å². The second-order valence-corrected chi connectivity index (χ2v) is 10.5. The molecule has 0 spiro atoms. The maximum Gasteiger partial charge on any atom is 0.186 e. The molecule has 84 valence electrons. The molecule has 0 heterocycles. The summed E-state index contributed by atoms with van der Waals surface area (Å²) in [5.74, 6) is 0.605. The first kappa shape index (κ1) is 12.8. The van der Waals surface area contributed by atoms with Crippen molar-refractivity contribution >= 4 is 23.6 Å². The van der Waals surface area contributed by atoms with Gasteiger partial charge in [-0.1, -0.05) is 52.0 Å². The Morgan fingerprint density at radius 2 is 1.53 bits per heavy atom. The average molecular weight is 241 g/mol. The zero-order valence-electron chi connectivity index (χ0n) is 10.2. The summed E-state index contributed by atoms with van der Waals surface area (Å²) in [7, 11) is -1.66. The van der Waals surface area contributed by atoms with Crippen molar-refractivity contribution in [2.45, 2.75) is 45.7 Å². The van der Waals surface area contributed by atoms with Gasteiger partial charge in [0.25, 0.3) is 0 Å². The highest BCUT2D eigenvalue weighted by atomic mass is 35.6. The van der Waals surface area contributed by atoms with E-state index in [1.54, 1.807) is 0 Å². The summed E-state index contributed by atoms with van der Waals surface area (Å²) in [6.07, 6.45) is 0. The second kappa shape index (κ2) is 5.18. The van der Waals surface area contributed by atoms with Crippen LogP contribution in [0.25, 0.3) is 0 Å². The van der Waals surface area contributed by atoms with E-state index >= 15 is 0 Å². The van der Waals surface area contributed by atoms with Crippen LogP contribution in [-0.2, 0) is 0 Å². The van der Waals surface area contributed by atoms with Crippen LogP contribution in [0.1, 0.15) is 39.2 Å². The van der Waals surface area contributed by atoms with Crippen molar-refractivity contribution in [2.24, 2.45) is 0 Å². The van der Waals surface area contributed by atoms with Gasteiger partial charge >= 0.3 is 0 Å². The number of halogens is 1. The van der Waals surface area contributed by atoms with Gasteiger partial charge in [0.05, 0.1) is 0 Å². The van der Waals surface area contributed by atoms with Gasteiger partial charge in [0.15, 0.2) is 7.38 Å². The van der Waals surface area contributed by atoms with Gasteiger partial charge in [-0.3, -0.25) is 0 Å². The summed E-state index contributed by atoms with van der Waals surface area (Å²) >= 11 is 6.70. The summed E-state index contributed by atoms with van der Waals surface area (Å²) in [5, 5.41) is 1.39. The van der Waals surface area contributed by atoms with Gasteiger partial charge in [-0.25, -0.2) is 0 Å². The third-order valence-electron chi connectivity index (χ3n) is 3.22. The Bertz CT molecular complexity index is 299. The molecule has 1 aromatic carbocycles. The van der Waals surface area contributed by atoms with Crippen LogP contribution in [0, 0.1) is 0 Å². The van der Waals surface area contributed by atoms with E-state index in [0.29, 0.717) is 5.92 Å². The number of benzene rings is 1. The zero-order chi connectivity index (χ0) is 11.5. The van der Waals surface area contributed by atoms with Crippen molar-refractivity contribution in [1.82, 2.24) is 0 Å². The van der Waals surface area contributed by atoms with Crippen molar-refractivity contribution in [2.75, 3.05) is 0 Å². The van der Waals surface area contributed by atoms with Crippen LogP contribution in [0.15, 0.2) is 24.3 Å². The van der Waals surface area contributed by atoms with E-state index in [0.717, 1.165) is 12.1 Å². The molecule has 0 aliphatic carbocycles. The molecule has 0 saturated carbocycles. The normalized spacial score (nSPS) is 12.1. The monoisotopic (exact) mass is 240 g/mol. The Hall–Kier alpha value is -0.273. The Balaban J connectivity index is 2.97. The average Bonchev–Trinajstić information content (AvgIpc) is 2.28. The predicted octanol–water partition coefficient (Wildman–Crippen LogP) is 4.24. The molecule has 0 aliphatic rings. The lowest BCUT2D eigenvalue weighted by Gasteiger charge is -2.22. The van der Waals surface area contributed by atoms with Crippen LogP contribution in [0.5, 0.6) is 0 Å². The summed E-state index contributed by atoms with van der Waals surface area (Å²) in [4.78, 5) is 0. The maximum absolute atomic E-state index is 6.70. The van der Waals surface area contributed by atoms with Crippen LogP contribution in [0.4, 0.5) is 0 Å². The lowest BCUT2D eigenvalue weighted by Crippen LogP contribution is -2.40. The van der Waals surface area contributed by atoms with Crippen molar-refractivity contribution in [1.29, 1.82) is 0 Å². The van der Waals surface area contributed by atoms with Crippen LogP contribution in [0.2, 0.25) is 12.1 Å². The Morgan fingerprint density at radius 1 is 1.07 bits per heavy atom. The van der Waals surface area contributed by atoms with Crippen molar-refractivity contribution in [3.63, 3.8) is 0 Å². The highest BCUT2D eigenvalue weighted by Crippen LogP contribution is 2.21. The van der Waals surface area contributed by atoms with E-state index in [1.165, 1.54) is 10.8 Å². The van der Waals surface area contributed by atoms with Gasteiger partial charge in [-0.05, 0) is 28.8 Å². The fraction of sp³-hybridized carbons (Fsp3) is 0.538. The molecule has 0 radical (unpaired) electrons. The van der Waals surface area contributed by atoms with Crippen LogP contribution < -0.4 is 5.19 Å². The largest absolute Gasteiger partial charge is 0.186 e. The minimum Gasteiger partial charge on any atom is -0.161 e. The molecule has 0 fully saturated rings. The molecule has 1 aromatic rings. The topological polar surface area (TPSA) is 0 Å². The molecule has 1 rings (SSSR count). The van der Waals surface area contributed by atoms with Gasteiger partial charge in [0, 0.05) is 0 Å². The minimum atomic E-state index is -1.66. The summed E-state index contributed by atoms with van der Waals surface area (Å²) < 4.78 is 0. The number of rotatable bonds is 4. The summed E-state index contributed by atoms with van der Waals surface area (Å²) in [5.41, 5.74) is 1.40. The molecule has 15 heavy (non-hydrogen) atoms. The lowest BCUT2D eigenvalue weighted by molar-refractivity contribution is 0.867. The fourth-order valence-corrected chi connectivity index (χ4v) is 4.28. The highest BCUT2D eigenvalue weighted by Gasteiger charge is 2.28. The van der Waals surface area contributed by atoms with E-state index in [1.807, 2.05) is 0 Å². The van der Waals surface area contributed by atoms with Gasteiger partial charge < -0.3 is 0 Å². The number of hydrogen-bond acceptors (Lipinski definition) is 0. The molecule has 0 amide bonds. The van der Waals surface area contributed by atoms with E-state index < -0.39 is 7.38 Å². The van der Waals surface area contributed by atoms with Crippen molar-refractivity contribution in [3.8, 4) is 0 Å². The molecule has 0 unspecified atom stereocenters. The highest BCUT2D eigenvalue weighted by molar-refractivity contribution is 7.27. The minimum absolute atomic E-state index is 0.605. The van der Waals surface area contributed by atoms with Gasteiger partial charge in [0.2, 0.25) is 0 Å². The first-order chi connectivity index (χ1) is 7.03. The molecule has 0 nitrogen and oxygen atoms in total. The fourth-order valence-electron chi connectivity index (χ4n) is 1.82. The van der Waals surface area contributed by atoms with Crippen molar-refractivity contribution in [3.05, 3.63) is 29.8 Å². The Morgan fingerprint density at radius 3 is 1.87 bits per heavy atom. The molecular formula is C13H21ClSi. The van der Waals surface area contributed by atoms with Crippen molar-refractivity contribution < 1.29 is 0 Å². The smallest absolute Gasteiger partial charge is 0.161 e. The Kier molecular flexibility index (Phi) is 4.41. The lowest BCUT2D eigenvalue weighted by atomic mass is 10.0. The molecular weight excluding hydrogens is 220 g/mol. The Labute approximate surface area is 99.4 Å². The summed E-state index contributed by atoms with van der Waals surface area (Å²) in [6, 6.07) is 11.2. The standard InChI is InChI=1S/C13H21ClSi/c1-5-15(14,6-2)13-9-7-12(8-10-13)11(3)4/h7-11H,5-6H2,1-4H3. The van der Waals surface area contributed by atoms with E-state index in [2.05, 4.69) is 52.0 Å². The summed E-state index contributed by atoms with van der Waals surface area (Å²) in [6.45, 7) is 8.86. The van der Waals surface area contributed by atoms with E-state index in [4.69, 9.17) is 11.1 Å². The van der Waals surface area contributed by atoms with Crippen LogP contribution in [0.3, 0.4) is 0 Å². The quantitative estimate of drug-likeness (QED) is 0.546. The second-order valence-electron chi connectivity index (χ2n) is 4.45. The molecule has 0 atom stereocenters. The predicted molar refractivity (Wildman–Crippen MR) is 72.7 cm³/mol. The third-order valence-corrected chi connectivity index (χ3v) is 9.08. The van der Waals surface area contributed by atoms with Gasteiger partial charge in [-0.2, -0.15) is 11.1 Å². The maximum atomic E-state index is 6.70. The zero-order valence-corrected chi connectivity index (χ0v) is 11.9. The third kappa shape index (κ3) is 2.85. The number of hydrogen-bond donors (Lipinski definition) is 0. The van der Waals surface area contributed by atoms with Crippen LogP contribution in [-0.4, -0.2) is 7.38 Å². The molecule has 0 N–H and O–H groups in total. The molecule has 0 aliphatic heterocycles. The molecule has 0 aromatic heterocycles. The SMILES string of the molecule is CC[Si](Cl)(CC)c1ccc(C(C)C)cc1. The molecule has 0 saturated heterocycles. The van der Waals surface area contributed by atoms with Gasteiger partial charge in [0.1, 0.15) is 0 Å². The first-order valence-corrected chi connectivity index (χ1v) is 9.25. The molecule has 2 heteroatoms.